The molecule has 0 aliphatic carbocycles. The van der Waals surface area contributed by atoms with E-state index in [4.69, 9.17) is 4.74 Å². The Labute approximate surface area is 124 Å². The van der Waals surface area contributed by atoms with Crippen molar-refractivity contribution in [1.82, 2.24) is 9.55 Å². The Bertz CT molecular complexity index is 637. The number of hydrogen-bond acceptors (Lipinski definition) is 4. The van der Waals surface area contributed by atoms with Crippen LogP contribution >= 0.6 is 0 Å². The van der Waals surface area contributed by atoms with E-state index in [0.29, 0.717) is 25.5 Å². The van der Waals surface area contributed by atoms with Crippen molar-refractivity contribution in [3.8, 4) is 5.75 Å². The number of nitrogens with zero attached hydrogens (tertiary/aromatic N) is 2. The zero-order chi connectivity index (χ0) is 15.1. The van der Waals surface area contributed by atoms with E-state index in [2.05, 4.69) is 10.3 Å². The number of anilines is 1. The molecule has 0 bridgehead atoms. The van der Waals surface area contributed by atoms with Gasteiger partial charge in [-0.05, 0) is 31.0 Å². The molecule has 1 aromatic carbocycles. The Kier molecular flexibility index (Phi) is 5.37. The van der Waals surface area contributed by atoms with E-state index in [1.165, 1.54) is 0 Å². The molecule has 2 aromatic rings. The van der Waals surface area contributed by atoms with Crippen LogP contribution < -0.4 is 15.6 Å². The summed E-state index contributed by atoms with van der Waals surface area (Å²) < 4.78 is 7.14. The molecule has 1 aromatic heterocycles. The van der Waals surface area contributed by atoms with Crippen LogP contribution in [0.15, 0.2) is 41.5 Å². The first kappa shape index (κ1) is 15.1. The molecule has 0 saturated carbocycles. The summed E-state index contributed by atoms with van der Waals surface area (Å²) in [4.78, 5) is 16.3. The Morgan fingerprint density at radius 3 is 2.95 bits per heavy atom. The highest BCUT2D eigenvalue weighted by Crippen LogP contribution is 2.13. The molecular formula is C16H21N3O2. The van der Waals surface area contributed by atoms with Crippen LogP contribution in [0.25, 0.3) is 0 Å². The first-order chi connectivity index (χ1) is 10.2. The van der Waals surface area contributed by atoms with Crippen LogP contribution in [-0.2, 0) is 13.1 Å². The lowest BCUT2D eigenvalue weighted by molar-refractivity contribution is 0.340. The van der Waals surface area contributed by atoms with Crippen molar-refractivity contribution in [2.45, 2.75) is 33.4 Å². The highest BCUT2D eigenvalue weighted by Gasteiger charge is 2.04. The molecule has 2 rings (SSSR count). The third-order valence-electron chi connectivity index (χ3n) is 3.05. The maximum absolute atomic E-state index is 12.2. The van der Waals surface area contributed by atoms with Crippen molar-refractivity contribution in [3.63, 3.8) is 0 Å². The van der Waals surface area contributed by atoms with Crippen LogP contribution in [-0.4, -0.2) is 16.2 Å². The molecular weight excluding hydrogens is 266 g/mol. The van der Waals surface area contributed by atoms with E-state index in [0.717, 1.165) is 17.7 Å². The summed E-state index contributed by atoms with van der Waals surface area (Å²) in [5, 5.41) is 3.10. The lowest BCUT2D eigenvalue weighted by Gasteiger charge is -2.09. The molecule has 112 valence electrons. The molecule has 0 aliphatic rings. The van der Waals surface area contributed by atoms with Crippen LogP contribution in [0.4, 0.5) is 5.82 Å². The summed E-state index contributed by atoms with van der Waals surface area (Å²) in [5.41, 5.74) is 0.966. The van der Waals surface area contributed by atoms with Gasteiger partial charge in [-0.3, -0.25) is 4.79 Å². The average molecular weight is 287 g/mol. The van der Waals surface area contributed by atoms with E-state index < -0.39 is 0 Å². The van der Waals surface area contributed by atoms with E-state index in [-0.39, 0.29) is 5.56 Å². The molecule has 0 radical (unpaired) electrons. The Hall–Kier alpha value is -2.30. The maximum Gasteiger partial charge on any atom is 0.293 e. The van der Waals surface area contributed by atoms with Gasteiger partial charge >= 0.3 is 0 Å². The second kappa shape index (κ2) is 7.47. The summed E-state index contributed by atoms with van der Waals surface area (Å²) in [6, 6.07) is 7.81. The van der Waals surface area contributed by atoms with Crippen molar-refractivity contribution in [2.24, 2.45) is 0 Å². The zero-order valence-corrected chi connectivity index (χ0v) is 12.5. The summed E-state index contributed by atoms with van der Waals surface area (Å²) >= 11 is 0. The molecule has 0 amide bonds. The van der Waals surface area contributed by atoms with Gasteiger partial charge in [0.1, 0.15) is 5.75 Å². The zero-order valence-electron chi connectivity index (χ0n) is 12.5. The van der Waals surface area contributed by atoms with Crippen LogP contribution in [0.3, 0.4) is 0 Å². The van der Waals surface area contributed by atoms with Crippen LogP contribution in [0, 0.1) is 0 Å². The highest BCUT2D eigenvalue weighted by atomic mass is 16.5. The largest absolute Gasteiger partial charge is 0.494 e. The first-order valence-corrected chi connectivity index (χ1v) is 7.25. The molecule has 0 unspecified atom stereocenters. The summed E-state index contributed by atoms with van der Waals surface area (Å²) in [6.45, 7) is 5.88. The van der Waals surface area contributed by atoms with E-state index in [9.17, 15) is 4.79 Å². The van der Waals surface area contributed by atoms with Crippen molar-refractivity contribution in [2.75, 3.05) is 11.9 Å². The van der Waals surface area contributed by atoms with Crippen LogP contribution in [0.5, 0.6) is 5.75 Å². The third kappa shape index (κ3) is 4.08. The Balaban J connectivity index is 2.08. The minimum atomic E-state index is -0.0830. The van der Waals surface area contributed by atoms with Crippen molar-refractivity contribution < 1.29 is 4.74 Å². The minimum absolute atomic E-state index is 0.0830. The number of aromatic nitrogens is 2. The lowest BCUT2D eigenvalue weighted by atomic mass is 10.2. The Morgan fingerprint density at radius 1 is 1.33 bits per heavy atom. The average Bonchev–Trinajstić information content (AvgIpc) is 2.49. The molecule has 0 spiro atoms. The SMILES string of the molecule is CCCn1ccnc(NCc2cccc(OCC)c2)c1=O. The topological polar surface area (TPSA) is 56.1 Å². The van der Waals surface area contributed by atoms with Gasteiger partial charge < -0.3 is 14.6 Å². The van der Waals surface area contributed by atoms with Gasteiger partial charge in [0.25, 0.3) is 5.56 Å². The standard InChI is InChI=1S/C16H21N3O2/c1-3-9-19-10-8-17-15(16(19)20)18-12-13-6-5-7-14(11-13)21-4-2/h5-8,10-11H,3-4,9,12H2,1-2H3,(H,17,18). The van der Waals surface area contributed by atoms with Gasteiger partial charge in [0, 0.05) is 25.5 Å². The fourth-order valence-electron chi connectivity index (χ4n) is 2.08. The molecule has 1 N–H and O–H groups in total. The predicted molar refractivity (Wildman–Crippen MR) is 83.7 cm³/mol. The Morgan fingerprint density at radius 2 is 2.19 bits per heavy atom. The van der Waals surface area contributed by atoms with Crippen molar-refractivity contribution in [1.29, 1.82) is 0 Å². The molecule has 0 aliphatic heterocycles. The molecule has 1 heterocycles. The normalized spacial score (nSPS) is 10.4. The molecule has 5 nitrogen and oxygen atoms in total. The van der Waals surface area contributed by atoms with Gasteiger partial charge in [0.2, 0.25) is 0 Å². The lowest BCUT2D eigenvalue weighted by Crippen LogP contribution is -2.24. The summed E-state index contributed by atoms with van der Waals surface area (Å²) in [6.07, 6.45) is 4.28. The number of aryl methyl sites for hydroxylation is 1. The van der Waals surface area contributed by atoms with Gasteiger partial charge in [-0.2, -0.15) is 0 Å². The second-order valence-corrected chi connectivity index (χ2v) is 4.71. The number of ether oxygens (including phenoxy) is 1. The molecule has 0 fully saturated rings. The second-order valence-electron chi connectivity index (χ2n) is 4.71. The number of benzene rings is 1. The summed E-state index contributed by atoms with van der Waals surface area (Å²) in [5.74, 6) is 1.22. The monoisotopic (exact) mass is 287 g/mol. The van der Waals surface area contributed by atoms with Gasteiger partial charge in [0.15, 0.2) is 5.82 Å². The predicted octanol–water partition coefficient (Wildman–Crippen LogP) is 2.66. The van der Waals surface area contributed by atoms with E-state index in [1.807, 2.05) is 38.1 Å². The molecule has 21 heavy (non-hydrogen) atoms. The molecule has 0 atom stereocenters. The smallest absolute Gasteiger partial charge is 0.293 e. The molecule has 0 saturated heterocycles. The van der Waals surface area contributed by atoms with Gasteiger partial charge in [-0.25, -0.2) is 4.98 Å². The quantitative estimate of drug-likeness (QED) is 0.850. The fourth-order valence-corrected chi connectivity index (χ4v) is 2.08. The number of rotatable bonds is 7. The number of hydrogen-bond donors (Lipinski definition) is 1. The van der Waals surface area contributed by atoms with E-state index >= 15 is 0 Å². The van der Waals surface area contributed by atoms with Crippen LogP contribution in [0.2, 0.25) is 0 Å². The maximum atomic E-state index is 12.2. The minimum Gasteiger partial charge on any atom is -0.494 e. The third-order valence-corrected chi connectivity index (χ3v) is 3.05. The number of nitrogens with one attached hydrogen (secondary N) is 1. The van der Waals surface area contributed by atoms with Gasteiger partial charge in [-0.1, -0.05) is 19.1 Å². The van der Waals surface area contributed by atoms with E-state index in [1.54, 1.807) is 17.0 Å². The van der Waals surface area contributed by atoms with Crippen molar-refractivity contribution in [3.05, 3.63) is 52.6 Å². The van der Waals surface area contributed by atoms with Gasteiger partial charge in [-0.15, -0.1) is 0 Å². The fraction of sp³-hybridized carbons (Fsp3) is 0.375. The van der Waals surface area contributed by atoms with Gasteiger partial charge in [0.05, 0.1) is 6.61 Å². The molecule has 5 heteroatoms. The first-order valence-electron chi connectivity index (χ1n) is 7.25. The van der Waals surface area contributed by atoms with Crippen LogP contribution in [0.1, 0.15) is 25.8 Å². The summed E-state index contributed by atoms with van der Waals surface area (Å²) in [7, 11) is 0. The van der Waals surface area contributed by atoms with Crippen molar-refractivity contribution >= 4 is 5.82 Å². The highest BCUT2D eigenvalue weighted by molar-refractivity contribution is 5.35.